The minimum absolute atomic E-state index is 0.0308. The summed E-state index contributed by atoms with van der Waals surface area (Å²) < 4.78 is 43.4. The molecule has 0 radical (unpaired) electrons. The Morgan fingerprint density at radius 1 is 1.22 bits per heavy atom. The Morgan fingerprint density at radius 2 is 1.89 bits per heavy atom. The van der Waals surface area contributed by atoms with Crippen molar-refractivity contribution in [1.82, 2.24) is 14.2 Å². The highest BCUT2D eigenvalue weighted by atomic mass is 35.5. The van der Waals surface area contributed by atoms with Crippen LogP contribution in [0.5, 0.6) is 0 Å². The summed E-state index contributed by atoms with van der Waals surface area (Å²) in [7, 11) is 0. The van der Waals surface area contributed by atoms with Gasteiger partial charge in [0.15, 0.2) is 5.82 Å². The molecular weight excluding hydrogens is 379 g/mol. The first-order valence-electron chi connectivity index (χ1n) is 8.56. The number of halogens is 4. The van der Waals surface area contributed by atoms with E-state index in [4.69, 9.17) is 11.6 Å². The van der Waals surface area contributed by atoms with Crippen molar-refractivity contribution in [2.45, 2.75) is 46.3 Å². The summed E-state index contributed by atoms with van der Waals surface area (Å²) in [6.45, 7) is 7.59. The van der Waals surface area contributed by atoms with Crippen molar-refractivity contribution in [2.24, 2.45) is 0 Å². The van der Waals surface area contributed by atoms with Crippen molar-refractivity contribution in [3.8, 4) is 11.4 Å². The standard InChI is InChI=1S/C19H19ClF3N3O/c1-5-25-17(13-7-6-12(20)9-15(13)19(21,22)23)24-26-11(4)8-14(10(2)3)16(26)18(25)27/h6-10H,5H2,1-4H3. The zero-order valence-electron chi connectivity index (χ0n) is 15.4. The highest BCUT2D eigenvalue weighted by molar-refractivity contribution is 6.30. The van der Waals surface area contributed by atoms with E-state index in [0.717, 1.165) is 11.6 Å². The Balaban J connectivity index is 2.45. The monoisotopic (exact) mass is 397 g/mol. The molecule has 0 aliphatic carbocycles. The van der Waals surface area contributed by atoms with Gasteiger partial charge in [-0.3, -0.25) is 9.36 Å². The molecule has 1 aromatic carbocycles. The van der Waals surface area contributed by atoms with E-state index >= 15 is 0 Å². The fraction of sp³-hybridized carbons (Fsp3) is 0.368. The van der Waals surface area contributed by atoms with Crippen LogP contribution < -0.4 is 5.56 Å². The zero-order chi connectivity index (χ0) is 20.1. The predicted molar refractivity (Wildman–Crippen MR) is 99.4 cm³/mol. The summed E-state index contributed by atoms with van der Waals surface area (Å²) >= 11 is 5.78. The SMILES string of the molecule is CCn1c(-c2ccc(Cl)cc2C(F)(F)F)nn2c(C)cc(C(C)C)c2c1=O. The number of fused-ring (bicyclic) bond motifs is 1. The van der Waals surface area contributed by atoms with Crippen molar-refractivity contribution in [2.75, 3.05) is 0 Å². The molecule has 27 heavy (non-hydrogen) atoms. The largest absolute Gasteiger partial charge is 0.417 e. The fourth-order valence-electron chi connectivity index (χ4n) is 3.25. The van der Waals surface area contributed by atoms with Crippen LogP contribution in [-0.4, -0.2) is 14.2 Å². The predicted octanol–water partition coefficient (Wildman–Crippen LogP) is 5.29. The smallest absolute Gasteiger partial charge is 0.290 e. The van der Waals surface area contributed by atoms with Crippen LogP contribution in [0.1, 0.15) is 43.5 Å². The molecule has 4 nitrogen and oxygen atoms in total. The highest BCUT2D eigenvalue weighted by Crippen LogP contribution is 2.38. The molecule has 2 heterocycles. The average Bonchev–Trinajstić information content (AvgIpc) is 2.91. The number of aryl methyl sites for hydroxylation is 1. The van der Waals surface area contributed by atoms with Crippen LogP contribution in [0, 0.1) is 6.92 Å². The van der Waals surface area contributed by atoms with Crippen LogP contribution in [-0.2, 0) is 12.7 Å². The second kappa shape index (κ2) is 6.71. The van der Waals surface area contributed by atoms with Crippen LogP contribution in [0.3, 0.4) is 0 Å². The van der Waals surface area contributed by atoms with Gasteiger partial charge in [-0.2, -0.15) is 13.2 Å². The molecule has 8 heteroatoms. The van der Waals surface area contributed by atoms with Gasteiger partial charge in [0.1, 0.15) is 5.52 Å². The number of nitrogens with zero attached hydrogens (tertiary/aromatic N) is 3. The van der Waals surface area contributed by atoms with Crippen molar-refractivity contribution in [1.29, 1.82) is 0 Å². The van der Waals surface area contributed by atoms with Crippen molar-refractivity contribution in [3.63, 3.8) is 0 Å². The second-order valence-electron chi connectivity index (χ2n) is 6.72. The number of hydrogen-bond donors (Lipinski definition) is 0. The molecule has 0 amide bonds. The van der Waals surface area contributed by atoms with Gasteiger partial charge in [0.25, 0.3) is 5.56 Å². The molecule has 2 aromatic heterocycles. The molecule has 144 valence electrons. The fourth-order valence-corrected chi connectivity index (χ4v) is 3.42. The molecule has 0 saturated heterocycles. The molecular formula is C19H19ClF3N3O. The molecule has 0 aliphatic heterocycles. The van der Waals surface area contributed by atoms with Gasteiger partial charge in [-0.15, -0.1) is 5.10 Å². The van der Waals surface area contributed by atoms with Crippen LogP contribution in [0.2, 0.25) is 5.02 Å². The maximum atomic E-state index is 13.6. The van der Waals surface area contributed by atoms with Crippen LogP contribution in [0.15, 0.2) is 29.1 Å². The topological polar surface area (TPSA) is 39.3 Å². The van der Waals surface area contributed by atoms with E-state index in [0.29, 0.717) is 11.2 Å². The summed E-state index contributed by atoms with van der Waals surface area (Å²) in [6.07, 6.45) is -4.62. The van der Waals surface area contributed by atoms with Crippen LogP contribution in [0.4, 0.5) is 13.2 Å². The number of alkyl halides is 3. The van der Waals surface area contributed by atoms with Gasteiger partial charge in [0.2, 0.25) is 0 Å². The van der Waals surface area contributed by atoms with E-state index in [1.54, 1.807) is 13.8 Å². The Bertz CT molecular complexity index is 1080. The quantitative estimate of drug-likeness (QED) is 0.602. The Labute approximate surface area is 159 Å². The van der Waals surface area contributed by atoms with Gasteiger partial charge in [-0.05, 0) is 49.6 Å². The van der Waals surface area contributed by atoms with Gasteiger partial charge >= 0.3 is 6.18 Å². The second-order valence-corrected chi connectivity index (χ2v) is 7.15. The van der Waals surface area contributed by atoms with Crippen LogP contribution in [0.25, 0.3) is 16.9 Å². The Morgan fingerprint density at radius 3 is 2.44 bits per heavy atom. The first-order chi connectivity index (χ1) is 12.6. The van der Waals surface area contributed by atoms with Gasteiger partial charge in [0, 0.05) is 22.8 Å². The van der Waals surface area contributed by atoms with Crippen molar-refractivity contribution < 1.29 is 13.2 Å². The van der Waals surface area contributed by atoms with Crippen molar-refractivity contribution in [3.05, 3.63) is 56.5 Å². The summed E-state index contributed by atoms with van der Waals surface area (Å²) in [5.41, 5.74) is 0.464. The van der Waals surface area contributed by atoms with Gasteiger partial charge in [-0.25, -0.2) is 4.52 Å². The highest BCUT2D eigenvalue weighted by Gasteiger charge is 2.35. The summed E-state index contributed by atoms with van der Waals surface area (Å²) in [5.74, 6) is 0.0496. The maximum absolute atomic E-state index is 13.6. The van der Waals surface area contributed by atoms with E-state index in [1.165, 1.54) is 21.2 Å². The lowest BCUT2D eigenvalue weighted by Gasteiger charge is -2.17. The van der Waals surface area contributed by atoms with E-state index in [2.05, 4.69) is 5.10 Å². The lowest BCUT2D eigenvalue weighted by Crippen LogP contribution is -2.27. The summed E-state index contributed by atoms with van der Waals surface area (Å²) in [6, 6.07) is 5.33. The molecule has 0 aliphatic rings. The van der Waals surface area contributed by atoms with Gasteiger partial charge in [0.05, 0.1) is 5.56 Å². The molecule has 0 spiro atoms. The minimum Gasteiger partial charge on any atom is -0.290 e. The number of aromatic nitrogens is 3. The lowest BCUT2D eigenvalue weighted by molar-refractivity contribution is -0.137. The molecule has 3 rings (SSSR count). The lowest BCUT2D eigenvalue weighted by atomic mass is 10.0. The van der Waals surface area contributed by atoms with Crippen LogP contribution >= 0.6 is 11.6 Å². The van der Waals surface area contributed by atoms with E-state index in [-0.39, 0.29) is 34.4 Å². The molecule has 0 unspecified atom stereocenters. The average molecular weight is 398 g/mol. The number of rotatable bonds is 3. The molecule has 0 N–H and O–H groups in total. The third kappa shape index (κ3) is 3.25. The molecule has 0 bridgehead atoms. The number of benzene rings is 1. The third-order valence-electron chi connectivity index (χ3n) is 4.55. The van der Waals surface area contributed by atoms with E-state index in [1.807, 2.05) is 19.9 Å². The van der Waals surface area contributed by atoms with E-state index in [9.17, 15) is 18.0 Å². The van der Waals surface area contributed by atoms with Gasteiger partial charge in [-0.1, -0.05) is 25.4 Å². The third-order valence-corrected chi connectivity index (χ3v) is 4.78. The molecule has 3 aromatic rings. The first kappa shape index (κ1) is 19.5. The molecule has 0 saturated carbocycles. The summed E-state index contributed by atoms with van der Waals surface area (Å²) in [5, 5.41) is 4.39. The minimum atomic E-state index is -4.62. The zero-order valence-corrected chi connectivity index (χ0v) is 16.1. The van der Waals surface area contributed by atoms with Gasteiger partial charge < -0.3 is 0 Å². The Hall–Kier alpha value is -2.28. The summed E-state index contributed by atoms with van der Waals surface area (Å²) in [4.78, 5) is 13.1. The molecule has 0 fully saturated rings. The first-order valence-corrected chi connectivity index (χ1v) is 8.94. The van der Waals surface area contributed by atoms with Crippen molar-refractivity contribution >= 4 is 17.1 Å². The normalized spacial score (nSPS) is 12.3. The van der Waals surface area contributed by atoms with E-state index < -0.39 is 11.7 Å². The Kier molecular flexibility index (Phi) is 4.84. The maximum Gasteiger partial charge on any atom is 0.417 e. The molecule has 0 atom stereocenters. The number of hydrogen-bond acceptors (Lipinski definition) is 2.